The number of nitrogens with one attached hydrogen (secondary N) is 1. The molecule has 7 nitrogen and oxygen atoms in total. The zero-order valence-electron chi connectivity index (χ0n) is 15.2. The summed E-state index contributed by atoms with van der Waals surface area (Å²) in [4.78, 5) is 0. The molecule has 2 atom stereocenters. The van der Waals surface area contributed by atoms with Crippen molar-refractivity contribution in [2.75, 3.05) is 25.7 Å². The molecule has 0 spiro atoms. The Kier molecular flexibility index (Phi) is 6.26. The fourth-order valence-electron chi connectivity index (χ4n) is 3.15. The molecule has 0 amide bonds. The van der Waals surface area contributed by atoms with Gasteiger partial charge in [0.15, 0.2) is 31.2 Å². The Morgan fingerprint density at radius 2 is 1.86 bits per heavy atom. The summed E-state index contributed by atoms with van der Waals surface area (Å²) in [6.45, 7) is 0.289. The predicted octanol–water partition coefficient (Wildman–Crippen LogP) is 2.15. The van der Waals surface area contributed by atoms with Gasteiger partial charge in [-0.1, -0.05) is 17.7 Å². The molecule has 1 aromatic heterocycles. The molecule has 1 saturated heterocycles. The number of thiophene rings is 1. The highest BCUT2D eigenvalue weighted by molar-refractivity contribution is 7.97. The van der Waals surface area contributed by atoms with Gasteiger partial charge in [-0.05, 0) is 29.8 Å². The molecule has 1 fully saturated rings. The lowest BCUT2D eigenvalue weighted by molar-refractivity contribution is 0.354. The first-order valence-electron chi connectivity index (χ1n) is 8.30. The Morgan fingerprint density at radius 3 is 2.46 bits per heavy atom. The number of halogens is 1. The average molecular weight is 466 g/mol. The molecule has 1 aliphatic rings. The van der Waals surface area contributed by atoms with Crippen molar-refractivity contribution >= 4 is 42.6 Å². The molecule has 154 valence electrons. The summed E-state index contributed by atoms with van der Waals surface area (Å²) in [5.41, 5.74) is 0.817. The molecule has 1 aliphatic heterocycles. The van der Waals surface area contributed by atoms with Crippen LogP contribution >= 0.6 is 22.9 Å². The lowest BCUT2D eigenvalue weighted by atomic mass is 10.1. The van der Waals surface area contributed by atoms with Crippen molar-refractivity contribution in [2.45, 2.75) is 22.0 Å². The number of hydrogen-bond donors (Lipinski definition) is 1. The third-order valence-electron chi connectivity index (χ3n) is 4.54. The van der Waals surface area contributed by atoms with Crippen molar-refractivity contribution < 1.29 is 26.3 Å². The van der Waals surface area contributed by atoms with Crippen LogP contribution in [0, 0.1) is 0 Å². The molecule has 0 aliphatic carbocycles. The highest BCUT2D eigenvalue weighted by Crippen LogP contribution is 2.33. The van der Waals surface area contributed by atoms with Crippen molar-refractivity contribution in [1.29, 1.82) is 0 Å². The normalized spacial score (nSPS) is 21.5. The Morgan fingerprint density at radius 1 is 1.14 bits per heavy atom. The molecule has 11 heteroatoms. The summed E-state index contributed by atoms with van der Waals surface area (Å²) >= 11 is 6.79. The minimum atomic E-state index is -3.82. The molecule has 28 heavy (non-hydrogen) atoms. The molecule has 0 unspecified atom stereocenters. The molecular formula is C17H20ClNO6S3. The molecule has 2 heterocycles. The number of benzene rings is 1. The van der Waals surface area contributed by atoms with Gasteiger partial charge in [-0.2, -0.15) is 0 Å². The van der Waals surface area contributed by atoms with Crippen molar-refractivity contribution in [1.82, 2.24) is 5.32 Å². The minimum absolute atomic E-state index is 0.0810. The van der Waals surface area contributed by atoms with Gasteiger partial charge < -0.3 is 14.8 Å². The highest BCUT2D eigenvalue weighted by Gasteiger charge is 2.46. The SMILES string of the molecule is COc1ccc(CN[C@H]2CS(=O)(=O)C[C@@H]2S(=O)(=O)c2ccc(Cl)s2)cc1OC. The zero-order chi connectivity index (χ0) is 20.5. The number of ether oxygens (including phenoxy) is 2. The topological polar surface area (TPSA) is 98.8 Å². The fourth-order valence-corrected chi connectivity index (χ4v) is 9.58. The number of sulfone groups is 2. The Bertz CT molecular complexity index is 1060. The molecular weight excluding hydrogens is 446 g/mol. The molecule has 1 aromatic carbocycles. The lowest BCUT2D eigenvalue weighted by Gasteiger charge is -2.19. The first-order chi connectivity index (χ1) is 13.2. The summed E-state index contributed by atoms with van der Waals surface area (Å²) < 4.78 is 61.1. The van der Waals surface area contributed by atoms with E-state index in [-0.39, 0.29) is 16.5 Å². The van der Waals surface area contributed by atoms with Gasteiger partial charge in [-0.25, -0.2) is 16.8 Å². The van der Waals surface area contributed by atoms with Gasteiger partial charge >= 0.3 is 0 Å². The van der Waals surface area contributed by atoms with Crippen LogP contribution in [0.25, 0.3) is 0 Å². The van der Waals surface area contributed by atoms with Crippen molar-refractivity contribution in [3.05, 3.63) is 40.2 Å². The van der Waals surface area contributed by atoms with Gasteiger partial charge in [0.2, 0.25) is 0 Å². The van der Waals surface area contributed by atoms with E-state index >= 15 is 0 Å². The first-order valence-corrected chi connectivity index (χ1v) is 12.9. The van der Waals surface area contributed by atoms with E-state index in [1.165, 1.54) is 26.4 Å². The van der Waals surface area contributed by atoms with Gasteiger partial charge in [-0.15, -0.1) is 11.3 Å². The van der Waals surface area contributed by atoms with Crippen LogP contribution in [0.3, 0.4) is 0 Å². The second-order valence-electron chi connectivity index (χ2n) is 6.40. The fraction of sp³-hybridized carbons (Fsp3) is 0.412. The Hall–Kier alpha value is -1.33. The summed E-state index contributed by atoms with van der Waals surface area (Å²) in [5.74, 6) is 0.473. The second-order valence-corrected chi connectivity index (χ2v) is 12.7. The van der Waals surface area contributed by atoms with E-state index in [9.17, 15) is 16.8 Å². The third-order valence-corrected chi connectivity index (χ3v) is 10.5. The summed E-state index contributed by atoms with van der Waals surface area (Å²) in [7, 11) is -4.24. The summed E-state index contributed by atoms with van der Waals surface area (Å²) in [6.07, 6.45) is 0. The maximum atomic E-state index is 13.0. The van der Waals surface area contributed by atoms with Crippen LogP contribution in [-0.4, -0.2) is 53.9 Å². The van der Waals surface area contributed by atoms with E-state index in [2.05, 4.69) is 5.32 Å². The van der Waals surface area contributed by atoms with E-state index < -0.39 is 36.7 Å². The zero-order valence-corrected chi connectivity index (χ0v) is 18.4. The number of hydrogen-bond acceptors (Lipinski definition) is 8. The first kappa shape index (κ1) is 21.4. The standard InChI is InChI=1S/C17H20ClNO6S3/c1-24-13-4-3-11(7-14(13)25-2)8-19-12-9-27(20,21)10-15(12)28(22,23)17-6-5-16(18)26-17/h3-7,12,15,19H,8-10H2,1-2H3/t12-,15-/m0/s1. The van der Waals surface area contributed by atoms with Crippen LogP contribution in [0.2, 0.25) is 4.34 Å². The molecule has 0 bridgehead atoms. The molecule has 3 rings (SSSR count). The minimum Gasteiger partial charge on any atom is -0.493 e. The molecule has 0 radical (unpaired) electrons. The Balaban J connectivity index is 1.82. The van der Waals surface area contributed by atoms with Crippen LogP contribution in [-0.2, 0) is 26.2 Å². The van der Waals surface area contributed by atoms with E-state index in [1.54, 1.807) is 18.2 Å². The lowest BCUT2D eigenvalue weighted by Crippen LogP contribution is -2.42. The van der Waals surface area contributed by atoms with Crippen LogP contribution in [0.5, 0.6) is 11.5 Å². The highest BCUT2D eigenvalue weighted by atomic mass is 35.5. The quantitative estimate of drug-likeness (QED) is 0.668. The molecule has 0 saturated carbocycles. The van der Waals surface area contributed by atoms with E-state index in [0.717, 1.165) is 16.9 Å². The maximum Gasteiger partial charge on any atom is 0.193 e. The van der Waals surface area contributed by atoms with Crippen LogP contribution in [0.1, 0.15) is 5.56 Å². The molecule has 1 N–H and O–H groups in total. The van der Waals surface area contributed by atoms with Crippen molar-refractivity contribution in [3.8, 4) is 11.5 Å². The maximum absolute atomic E-state index is 13.0. The summed E-state index contributed by atoms with van der Waals surface area (Å²) in [6, 6.07) is 7.50. The largest absolute Gasteiger partial charge is 0.493 e. The van der Waals surface area contributed by atoms with Crippen LogP contribution < -0.4 is 14.8 Å². The van der Waals surface area contributed by atoms with E-state index in [1.807, 2.05) is 0 Å². The third kappa shape index (κ3) is 4.46. The molecule has 2 aromatic rings. The smallest absolute Gasteiger partial charge is 0.193 e. The summed E-state index contributed by atoms with van der Waals surface area (Å²) in [5, 5.41) is 2.03. The van der Waals surface area contributed by atoms with Gasteiger partial charge in [0.25, 0.3) is 0 Å². The second kappa shape index (κ2) is 8.19. The monoisotopic (exact) mass is 465 g/mol. The average Bonchev–Trinajstić information content (AvgIpc) is 3.23. The van der Waals surface area contributed by atoms with Gasteiger partial charge in [0, 0.05) is 12.6 Å². The predicted molar refractivity (Wildman–Crippen MR) is 109 cm³/mol. The van der Waals surface area contributed by atoms with Crippen molar-refractivity contribution in [3.63, 3.8) is 0 Å². The van der Waals surface area contributed by atoms with Crippen LogP contribution in [0.4, 0.5) is 0 Å². The van der Waals surface area contributed by atoms with Gasteiger partial charge in [0.1, 0.15) is 4.21 Å². The number of methoxy groups -OCH3 is 2. The Labute approximate surface area is 173 Å². The van der Waals surface area contributed by atoms with E-state index in [0.29, 0.717) is 15.8 Å². The van der Waals surface area contributed by atoms with E-state index in [4.69, 9.17) is 21.1 Å². The van der Waals surface area contributed by atoms with Crippen LogP contribution in [0.15, 0.2) is 34.5 Å². The van der Waals surface area contributed by atoms with Gasteiger partial charge in [0.05, 0.1) is 35.3 Å². The van der Waals surface area contributed by atoms with Crippen molar-refractivity contribution in [2.24, 2.45) is 0 Å². The number of rotatable bonds is 7. The van der Waals surface area contributed by atoms with Gasteiger partial charge in [-0.3, -0.25) is 0 Å².